The van der Waals surface area contributed by atoms with Crippen LogP contribution in [0.1, 0.15) is 62.5 Å². The molecule has 5 nitrogen and oxygen atoms in total. The molecular formula is C26H31N3O2S. The molecule has 0 spiro atoms. The van der Waals surface area contributed by atoms with Gasteiger partial charge in [0, 0.05) is 11.7 Å². The highest BCUT2D eigenvalue weighted by Crippen LogP contribution is 2.37. The van der Waals surface area contributed by atoms with Crippen molar-refractivity contribution >= 4 is 39.1 Å². The number of amides is 2. The number of hydrogen-bond donors (Lipinski definition) is 1. The summed E-state index contributed by atoms with van der Waals surface area (Å²) in [6, 6.07) is 12.2. The lowest BCUT2D eigenvalue weighted by Gasteiger charge is -2.45. The summed E-state index contributed by atoms with van der Waals surface area (Å²) in [5.41, 5.74) is 2.66. The average Bonchev–Trinajstić information content (AvgIpc) is 3.38. The number of carbonyl (C=O) groups is 2. The van der Waals surface area contributed by atoms with E-state index in [-0.39, 0.29) is 17.9 Å². The normalized spacial score (nSPS) is 25.7. The van der Waals surface area contributed by atoms with Crippen molar-refractivity contribution in [2.75, 3.05) is 4.90 Å². The van der Waals surface area contributed by atoms with Gasteiger partial charge in [-0.1, -0.05) is 38.8 Å². The Hall–Kier alpha value is -2.60. The maximum atomic E-state index is 13.9. The second-order valence-corrected chi connectivity index (χ2v) is 10.5. The fourth-order valence-electron chi connectivity index (χ4n) is 5.35. The highest BCUT2D eigenvalue weighted by molar-refractivity contribution is 7.17. The predicted molar refractivity (Wildman–Crippen MR) is 130 cm³/mol. The summed E-state index contributed by atoms with van der Waals surface area (Å²) in [6.45, 7) is 6.70. The van der Waals surface area contributed by atoms with Crippen LogP contribution in [0.5, 0.6) is 0 Å². The van der Waals surface area contributed by atoms with E-state index in [1.54, 1.807) is 16.2 Å². The van der Waals surface area contributed by atoms with Crippen molar-refractivity contribution in [3.8, 4) is 0 Å². The summed E-state index contributed by atoms with van der Waals surface area (Å²) in [6.07, 6.45) is 5.45. The Morgan fingerprint density at radius 2 is 1.94 bits per heavy atom. The van der Waals surface area contributed by atoms with Gasteiger partial charge in [-0.25, -0.2) is 0 Å². The van der Waals surface area contributed by atoms with Crippen LogP contribution >= 0.6 is 11.3 Å². The van der Waals surface area contributed by atoms with Crippen LogP contribution in [0.4, 0.5) is 5.69 Å². The number of fused-ring (bicyclic) bond motifs is 3. The van der Waals surface area contributed by atoms with Gasteiger partial charge in [0.15, 0.2) is 0 Å². The minimum atomic E-state index is -1.01. The van der Waals surface area contributed by atoms with E-state index in [2.05, 4.69) is 31.3 Å². The third-order valence-corrected chi connectivity index (χ3v) is 8.28. The Kier molecular flexibility index (Phi) is 5.36. The van der Waals surface area contributed by atoms with Gasteiger partial charge >= 0.3 is 0 Å². The Bertz CT molecular complexity index is 1160. The van der Waals surface area contributed by atoms with E-state index >= 15 is 0 Å². The van der Waals surface area contributed by atoms with Gasteiger partial charge in [-0.2, -0.15) is 0 Å². The molecule has 3 unspecified atom stereocenters. The number of carbonyl (C=O) groups excluding carboxylic acids is 2. The first kappa shape index (κ1) is 21.3. The zero-order valence-electron chi connectivity index (χ0n) is 19.1. The molecule has 2 aromatic heterocycles. The van der Waals surface area contributed by atoms with Gasteiger partial charge in [-0.05, 0) is 67.3 Å². The van der Waals surface area contributed by atoms with Crippen molar-refractivity contribution in [1.29, 1.82) is 0 Å². The first-order valence-electron chi connectivity index (χ1n) is 11.7. The molecular weight excluding hydrogens is 418 g/mol. The zero-order chi connectivity index (χ0) is 22.5. The van der Waals surface area contributed by atoms with Crippen LogP contribution in [0.25, 0.3) is 10.2 Å². The van der Waals surface area contributed by atoms with Crippen molar-refractivity contribution in [2.45, 2.75) is 71.0 Å². The molecule has 32 heavy (non-hydrogen) atoms. The molecule has 0 radical (unpaired) electrons. The number of anilines is 1. The third-order valence-electron chi connectivity index (χ3n) is 7.42. The average molecular weight is 450 g/mol. The topological polar surface area (TPSA) is 54.3 Å². The van der Waals surface area contributed by atoms with Gasteiger partial charge < -0.3 is 9.88 Å². The Morgan fingerprint density at radius 3 is 2.66 bits per heavy atom. The lowest BCUT2D eigenvalue weighted by molar-refractivity contribution is -0.127. The van der Waals surface area contributed by atoms with Crippen LogP contribution < -0.4 is 10.2 Å². The molecule has 1 aliphatic carbocycles. The number of aromatic nitrogens is 1. The largest absolute Gasteiger partial charge is 0.351 e. The van der Waals surface area contributed by atoms with Crippen molar-refractivity contribution in [3.63, 3.8) is 0 Å². The van der Waals surface area contributed by atoms with Gasteiger partial charge in [0.05, 0.1) is 16.8 Å². The number of benzene rings is 1. The van der Waals surface area contributed by atoms with Crippen molar-refractivity contribution < 1.29 is 9.59 Å². The van der Waals surface area contributed by atoms with Gasteiger partial charge in [0.25, 0.3) is 5.91 Å². The molecule has 1 saturated carbocycles. The molecule has 2 amide bonds. The van der Waals surface area contributed by atoms with Crippen molar-refractivity contribution in [3.05, 3.63) is 53.0 Å². The summed E-state index contributed by atoms with van der Waals surface area (Å²) in [5.74, 6) is 0.281. The first-order chi connectivity index (χ1) is 15.4. The number of thiophene rings is 1. The van der Waals surface area contributed by atoms with E-state index in [9.17, 15) is 9.59 Å². The second-order valence-electron chi connectivity index (χ2n) is 9.56. The molecule has 2 aliphatic rings. The zero-order valence-corrected chi connectivity index (χ0v) is 19.9. The monoisotopic (exact) mass is 449 g/mol. The SMILES string of the molecule is CCc1ccc(N2C(=O)c3cc4sccc4n3CC2(C)C(=O)NC2CCCCC2C)cc1. The third kappa shape index (κ3) is 3.36. The fourth-order valence-corrected chi connectivity index (χ4v) is 6.17. The van der Waals surface area contributed by atoms with E-state index < -0.39 is 5.54 Å². The quantitative estimate of drug-likeness (QED) is 0.581. The molecule has 168 valence electrons. The van der Waals surface area contributed by atoms with Crippen LogP contribution in [0.2, 0.25) is 0 Å². The standard InChI is InChI=1S/C26H31N3O2S/c1-4-18-9-11-19(12-10-18)29-24(30)22-15-23-21(13-14-32-23)28(22)16-26(29,3)25(31)27-20-8-6-5-7-17(20)2/h9-15,17,20H,4-8,16H2,1-3H3,(H,27,31). The summed E-state index contributed by atoms with van der Waals surface area (Å²) in [5, 5.41) is 5.38. The lowest BCUT2D eigenvalue weighted by Crippen LogP contribution is -2.65. The highest BCUT2D eigenvalue weighted by Gasteiger charge is 2.49. The minimum absolute atomic E-state index is 0.0631. The van der Waals surface area contributed by atoms with E-state index in [0.717, 1.165) is 41.6 Å². The van der Waals surface area contributed by atoms with E-state index in [4.69, 9.17) is 0 Å². The van der Waals surface area contributed by atoms with Crippen molar-refractivity contribution in [2.24, 2.45) is 5.92 Å². The summed E-state index contributed by atoms with van der Waals surface area (Å²) in [4.78, 5) is 29.5. The van der Waals surface area contributed by atoms with Crippen molar-refractivity contribution in [1.82, 2.24) is 9.88 Å². The molecule has 3 atom stereocenters. The van der Waals surface area contributed by atoms with Gasteiger partial charge in [-0.15, -0.1) is 11.3 Å². The molecule has 1 fully saturated rings. The van der Waals surface area contributed by atoms with Crippen LogP contribution in [0, 0.1) is 5.92 Å². The van der Waals surface area contributed by atoms with Gasteiger partial charge in [0.1, 0.15) is 11.2 Å². The number of hydrogen-bond acceptors (Lipinski definition) is 3. The maximum Gasteiger partial charge on any atom is 0.275 e. The Balaban J connectivity index is 1.58. The van der Waals surface area contributed by atoms with E-state index in [1.165, 1.54) is 12.0 Å². The van der Waals surface area contributed by atoms with Gasteiger partial charge in [0.2, 0.25) is 5.91 Å². The maximum absolute atomic E-state index is 13.9. The Labute approximate surface area is 193 Å². The molecule has 1 aromatic carbocycles. The molecule has 1 N–H and O–H groups in total. The van der Waals surface area contributed by atoms with Crippen LogP contribution in [-0.2, 0) is 17.8 Å². The summed E-state index contributed by atoms with van der Waals surface area (Å²) < 4.78 is 3.12. The summed E-state index contributed by atoms with van der Waals surface area (Å²) >= 11 is 1.63. The molecule has 6 heteroatoms. The molecule has 0 bridgehead atoms. The lowest BCUT2D eigenvalue weighted by atomic mass is 9.84. The number of aryl methyl sites for hydroxylation is 1. The smallest absolute Gasteiger partial charge is 0.275 e. The number of nitrogens with zero attached hydrogens (tertiary/aromatic N) is 2. The van der Waals surface area contributed by atoms with Crippen LogP contribution in [0.15, 0.2) is 41.8 Å². The number of rotatable bonds is 4. The molecule has 0 saturated heterocycles. The van der Waals surface area contributed by atoms with Crippen LogP contribution in [0.3, 0.4) is 0 Å². The molecule has 5 rings (SSSR count). The van der Waals surface area contributed by atoms with E-state index in [1.807, 2.05) is 41.1 Å². The first-order valence-corrected chi connectivity index (χ1v) is 12.6. The van der Waals surface area contributed by atoms with Gasteiger partial charge in [-0.3, -0.25) is 14.5 Å². The van der Waals surface area contributed by atoms with E-state index in [0.29, 0.717) is 18.2 Å². The molecule has 3 aromatic rings. The molecule has 1 aliphatic heterocycles. The molecule has 3 heterocycles. The highest BCUT2D eigenvalue weighted by atomic mass is 32.1. The fraction of sp³-hybridized carbons (Fsp3) is 0.462. The number of nitrogens with one attached hydrogen (secondary N) is 1. The predicted octanol–water partition coefficient (Wildman–Crippen LogP) is 5.38. The summed E-state index contributed by atoms with van der Waals surface area (Å²) in [7, 11) is 0. The second kappa shape index (κ2) is 8.07. The van der Waals surface area contributed by atoms with Crippen LogP contribution in [-0.4, -0.2) is 28.0 Å². The minimum Gasteiger partial charge on any atom is -0.351 e. The Morgan fingerprint density at radius 1 is 1.19 bits per heavy atom.